The summed E-state index contributed by atoms with van der Waals surface area (Å²) in [5.74, 6) is 2.67. The van der Waals surface area contributed by atoms with Gasteiger partial charge in [0.2, 0.25) is 5.91 Å². The van der Waals surface area contributed by atoms with Gasteiger partial charge < -0.3 is 29.4 Å². The third-order valence-corrected chi connectivity index (χ3v) is 10.2. The maximum Gasteiger partial charge on any atom is 0.339 e. The van der Waals surface area contributed by atoms with Crippen LogP contribution in [0.2, 0.25) is 0 Å². The van der Waals surface area contributed by atoms with E-state index in [-0.39, 0.29) is 37.6 Å². The van der Waals surface area contributed by atoms with E-state index in [2.05, 4.69) is 24.1 Å². The Balaban J connectivity index is 3.11. The van der Waals surface area contributed by atoms with E-state index in [1.807, 2.05) is 0 Å². The summed E-state index contributed by atoms with van der Waals surface area (Å²) in [6.07, 6.45) is 11.3. The van der Waals surface area contributed by atoms with E-state index < -0.39 is 50.8 Å². The molecule has 0 saturated carbocycles. The zero-order valence-corrected chi connectivity index (χ0v) is 33.3. The van der Waals surface area contributed by atoms with Crippen LogP contribution in [0.1, 0.15) is 111 Å². The molecule has 1 aromatic carbocycles. The molecule has 0 aliphatic rings. The Morgan fingerprint density at radius 3 is 2.12 bits per heavy atom. The van der Waals surface area contributed by atoms with Crippen LogP contribution in [0.3, 0.4) is 0 Å². The molecule has 294 valence electrons. The van der Waals surface area contributed by atoms with Crippen LogP contribution in [0.15, 0.2) is 36.4 Å². The highest BCUT2D eigenvalue weighted by atomic mass is 32.2. The largest absolute Gasteiger partial charge is 0.481 e. The average Bonchev–Trinajstić information content (AvgIpc) is 3.09. The van der Waals surface area contributed by atoms with Crippen LogP contribution < -0.4 is 10.1 Å². The van der Waals surface area contributed by atoms with Crippen LogP contribution in [0.25, 0.3) is 0 Å². The number of rotatable bonds is 26. The quantitative estimate of drug-likeness (QED) is 0.0506. The lowest BCUT2D eigenvalue weighted by Gasteiger charge is -2.35. The normalized spacial score (nSPS) is 14.1. The molecule has 12 heteroatoms. The second-order valence-corrected chi connectivity index (χ2v) is 16.3. The fourth-order valence-corrected chi connectivity index (χ4v) is 6.91. The number of benzene rings is 1. The molecule has 0 bridgehead atoms. The molecule has 0 spiro atoms. The molecule has 11 nitrogen and oxygen atoms in total. The van der Waals surface area contributed by atoms with Crippen molar-refractivity contribution in [1.29, 1.82) is 0 Å². The molecule has 3 atom stereocenters. The number of unbranched alkanes of at least 4 members (excludes halogenated alkanes) is 8. The monoisotopic (exact) mass is 749 g/mol. The molecule has 0 fully saturated rings. The summed E-state index contributed by atoms with van der Waals surface area (Å²) in [6.45, 7) is 9.01. The Kier molecular flexibility index (Phi) is 22.2. The Bertz CT molecular complexity index is 1410. The first-order chi connectivity index (χ1) is 24.6. The van der Waals surface area contributed by atoms with Gasteiger partial charge in [-0.05, 0) is 71.1 Å². The number of nitrogens with one attached hydrogen (secondary N) is 1. The lowest BCUT2D eigenvalue weighted by atomic mass is 9.82. The van der Waals surface area contributed by atoms with Gasteiger partial charge in [0.1, 0.15) is 33.8 Å². The summed E-state index contributed by atoms with van der Waals surface area (Å²) < 4.78 is 46.1. The highest BCUT2D eigenvalue weighted by Crippen LogP contribution is 2.29. The predicted octanol–water partition coefficient (Wildman–Crippen LogP) is 5.91. The van der Waals surface area contributed by atoms with Crippen molar-refractivity contribution in [2.75, 3.05) is 38.9 Å². The summed E-state index contributed by atoms with van der Waals surface area (Å²) in [6, 6.07) is 5.84. The van der Waals surface area contributed by atoms with Gasteiger partial charge in [0.25, 0.3) is 0 Å². The number of amides is 1. The van der Waals surface area contributed by atoms with Crippen LogP contribution >= 0.6 is 0 Å². The summed E-state index contributed by atoms with van der Waals surface area (Å²) >= 11 is 0. The molecule has 0 aliphatic carbocycles. The minimum absolute atomic E-state index is 0.0479. The van der Waals surface area contributed by atoms with Gasteiger partial charge in [-0.1, -0.05) is 75.7 Å². The van der Waals surface area contributed by atoms with Crippen LogP contribution in [-0.2, 0) is 44.9 Å². The summed E-state index contributed by atoms with van der Waals surface area (Å²) in [4.78, 5) is 40.4. The molecule has 0 aromatic heterocycles. The fourth-order valence-electron chi connectivity index (χ4n) is 5.42. The minimum Gasteiger partial charge on any atom is -0.481 e. The molecule has 0 radical (unpaired) electrons. The fraction of sp³-hybridized carbons (Fsp3) is 0.675. The molecule has 0 aliphatic heterocycles. The second kappa shape index (κ2) is 24.8. The first-order valence-electron chi connectivity index (χ1n) is 18.4. The van der Waals surface area contributed by atoms with Gasteiger partial charge in [0, 0.05) is 26.6 Å². The van der Waals surface area contributed by atoms with Crippen LogP contribution in [0.5, 0.6) is 5.75 Å². The number of esters is 2. The Morgan fingerprint density at radius 1 is 0.942 bits per heavy atom. The molecule has 0 unspecified atom stereocenters. The Labute approximate surface area is 312 Å². The summed E-state index contributed by atoms with van der Waals surface area (Å²) in [5, 5.41) is 14.6. The van der Waals surface area contributed by atoms with Gasteiger partial charge in [-0.2, -0.15) is 0 Å². The summed E-state index contributed by atoms with van der Waals surface area (Å²) in [7, 11) is -0.431. The number of carbonyl (C=O) groups excluding carboxylic acids is 3. The molecule has 0 saturated heterocycles. The van der Waals surface area contributed by atoms with Gasteiger partial charge >= 0.3 is 11.9 Å². The zero-order chi connectivity index (χ0) is 39.0. The second-order valence-electron chi connectivity index (χ2n) is 14.0. The molecular formula is C40H63NO10S. The van der Waals surface area contributed by atoms with Crippen LogP contribution in [0, 0.1) is 17.8 Å². The van der Waals surface area contributed by atoms with Crippen molar-refractivity contribution in [3.63, 3.8) is 0 Å². The number of allylic oxidation sites excluding steroid dienone is 1. The van der Waals surface area contributed by atoms with E-state index in [0.29, 0.717) is 37.0 Å². The lowest BCUT2D eigenvalue weighted by Crippen LogP contribution is -2.56. The molecule has 52 heavy (non-hydrogen) atoms. The first-order valence-corrected chi connectivity index (χ1v) is 20.3. The maximum atomic E-state index is 14.0. The van der Waals surface area contributed by atoms with Crippen LogP contribution in [-0.4, -0.2) is 87.6 Å². The number of ether oxygens (including phenoxy) is 4. The van der Waals surface area contributed by atoms with Crippen molar-refractivity contribution in [3.8, 4) is 17.6 Å². The number of sulfone groups is 1. The minimum atomic E-state index is -3.06. The van der Waals surface area contributed by atoms with Crippen molar-refractivity contribution in [2.45, 2.75) is 129 Å². The molecular weight excluding hydrogens is 687 g/mol. The van der Waals surface area contributed by atoms with Crippen molar-refractivity contribution >= 4 is 27.7 Å². The van der Waals surface area contributed by atoms with Crippen molar-refractivity contribution in [1.82, 2.24) is 5.32 Å². The topological polar surface area (TPSA) is 155 Å². The highest BCUT2D eigenvalue weighted by molar-refractivity contribution is 7.91. The number of carbonyl (C=O) groups is 3. The van der Waals surface area contributed by atoms with Gasteiger partial charge in [-0.25, -0.2) is 18.0 Å². The van der Waals surface area contributed by atoms with Crippen molar-refractivity contribution in [2.24, 2.45) is 5.92 Å². The average molecular weight is 750 g/mol. The molecule has 0 heterocycles. The van der Waals surface area contributed by atoms with Crippen molar-refractivity contribution < 1.29 is 46.9 Å². The van der Waals surface area contributed by atoms with E-state index in [1.54, 1.807) is 58.0 Å². The molecule has 1 aromatic rings. The molecule has 1 amide bonds. The first kappa shape index (κ1) is 46.6. The number of methoxy groups -OCH3 is 2. The highest BCUT2D eigenvalue weighted by Gasteiger charge is 2.49. The standard InChI is InChI=1S/C40H63NO10S/c1-8-10-12-16-19-29-52(46,47)30-20-17-14-13-15-18-21-34(40(45,26-28-48-6)38(44)51-39(3,4)5)36(42)41-35(37(43)49-7)31-32-22-24-33(25-23-32)50-27-11-9-2/h18,21-25,34-35,45H,8,10,12-17,19-20,26-31H2,1-7H3,(H,41,42)/b21-18+/t34-,35+,40+/m1/s1. The van der Waals surface area contributed by atoms with E-state index in [4.69, 9.17) is 18.9 Å². The predicted molar refractivity (Wildman–Crippen MR) is 203 cm³/mol. The van der Waals surface area contributed by atoms with Gasteiger partial charge in [0.15, 0.2) is 5.60 Å². The van der Waals surface area contributed by atoms with E-state index >= 15 is 0 Å². The maximum absolute atomic E-state index is 14.0. The molecule has 1 rings (SSSR count). The third-order valence-electron chi connectivity index (χ3n) is 8.35. The van der Waals surface area contributed by atoms with Gasteiger partial charge in [0.05, 0.1) is 24.5 Å². The van der Waals surface area contributed by atoms with E-state index in [9.17, 15) is 27.9 Å². The van der Waals surface area contributed by atoms with E-state index in [1.165, 1.54) is 20.3 Å². The molecule has 2 N–H and O–H groups in total. The Morgan fingerprint density at radius 2 is 1.56 bits per heavy atom. The third kappa shape index (κ3) is 18.9. The van der Waals surface area contributed by atoms with E-state index in [0.717, 1.165) is 38.5 Å². The van der Waals surface area contributed by atoms with Crippen molar-refractivity contribution in [3.05, 3.63) is 42.0 Å². The summed E-state index contributed by atoms with van der Waals surface area (Å²) in [5.41, 5.74) is -2.58. The SMILES string of the molecule is CC#CCOc1ccc(C[C@H](NC(=O)[C@@H](/C=C/CCCCCCS(=O)(=O)CCCCCCC)[C@@](O)(CCOC)C(=O)OC(C)(C)C)C(=O)OC)cc1. The Hall–Kier alpha value is -3.40. The van der Waals surface area contributed by atoms with Gasteiger partial charge in [-0.15, -0.1) is 5.92 Å². The van der Waals surface area contributed by atoms with Gasteiger partial charge in [-0.3, -0.25) is 4.79 Å². The number of aliphatic hydroxyl groups is 1. The number of hydrogen-bond donors (Lipinski definition) is 2. The smallest absolute Gasteiger partial charge is 0.339 e. The zero-order valence-electron chi connectivity index (χ0n) is 32.5. The lowest BCUT2D eigenvalue weighted by molar-refractivity contribution is -0.185. The number of hydrogen-bond acceptors (Lipinski definition) is 10. The van der Waals surface area contributed by atoms with Crippen LogP contribution in [0.4, 0.5) is 0 Å².